The molecule has 0 atom stereocenters. The Kier molecular flexibility index (Phi) is 3.35. The van der Waals surface area contributed by atoms with Crippen LogP contribution in [0.1, 0.15) is 0 Å². The molecular formula is C8H11NO3. The van der Waals surface area contributed by atoms with Gasteiger partial charge in [0.15, 0.2) is 5.75 Å². The minimum absolute atomic E-state index is 0.0280. The molecule has 0 aliphatic heterocycles. The molecule has 0 aliphatic carbocycles. The third kappa shape index (κ3) is 2.10. The lowest BCUT2D eigenvalue weighted by Crippen LogP contribution is -2.04. The van der Waals surface area contributed by atoms with Gasteiger partial charge in [0.1, 0.15) is 6.61 Å². The smallest absolute Gasteiger partial charge is 0.257 e. The average molecular weight is 169 g/mol. The van der Waals surface area contributed by atoms with Crippen molar-refractivity contribution in [2.24, 2.45) is 0 Å². The van der Waals surface area contributed by atoms with Gasteiger partial charge in [-0.25, -0.2) is 4.98 Å². The second-order valence-electron chi connectivity index (χ2n) is 2.08. The third-order valence-corrected chi connectivity index (χ3v) is 1.29. The highest BCUT2D eigenvalue weighted by atomic mass is 16.5. The van der Waals surface area contributed by atoms with Crippen molar-refractivity contribution < 1.29 is 14.6 Å². The number of hydrogen-bond donors (Lipinski definition) is 1. The first-order valence-corrected chi connectivity index (χ1v) is 3.61. The van der Waals surface area contributed by atoms with E-state index in [2.05, 4.69) is 4.98 Å². The number of aromatic nitrogens is 1. The van der Waals surface area contributed by atoms with E-state index in [0.717, 1.165) is 0 Å². The molecule has 0 bridgehead atoms. The van der Waals surface area contributed by atoms with Gasteiger partial charge in [-0.05, 0) is 12.1 Å². The molecule has 1 N–H and O–H groups in total. The molecule has 1 rings (SSSR count). The van der Waals surface area contributed by atoms with E-state index in [1.54, 1.807) is 25.4 Å². The molecule has 0 radical (unpaired) electrons. The van der Waals surface area contributed by atoms with Crippen LogP contribution in [-0.4, -0.2) is 30.4 Å². The molecule has 1 heterocycles. The number of rotatable bonds is 4. The van der Waals surface area contributed by atoms with Crippen molar-refractivity contribution in [2.75, 3.05) is 20.3 Å². The van der Waals surface area contributed by atoms with E-state index in [1.807, 2.05) is 0 Å². The van der Waals surface area contributed by atoms with Crippen molar-refractivity contribution in [2.45, 2.75) is 0 Å². The third-order valence-electron chi connectivity index (χ3n) is 1.29. The van der Waals surface area contributed by atoms with Crippen LogP contribution in [0, 0.1) is 0 Å². The minimum atomic E-state index is -0.0280. The molecule has 0 spiro atoms. The maximum Gasteiger partial charge on any atom is 0.257 e. The molecule has 0 amide bonds. The molecule has 0 saturated heterocycles. The van der Waals surface area contributed by atoms with Crippen molar-refractivity contribution in [1.82, 2.24) is 4.98 Å². The van der Waals surface area contributed by atoms with Crippen molar-refractivity contribution in [1.29, 1.82) is 0 Å². The van der Waals surface area contributed by atoms with Crippen LogP contribution < -0.4 is 9.47 Å². The van der Waals surface area contributed by atoms with Crippen LogP contribution in [0.5, 0.6) is 11.6 Å². The number of nitrogens with zero attached hydrogens (tertiary/aromatic N) is 1. The van der Waals surface area contributed by atoms with Gasteiger partial charge in [-0.3, -0.25) is 0 Å². The number of pyridine rings is 1. The molecule has 4 heteroatoms. The summed E-state index contributed by atoms with van der Waals surface area (Å²) in [6.45, 7) is 0.201. The lowest BCUT2D eigenvalue weighted by Gasteiger charge is -2.06. The summed E-state index contributed by atoms with van der Waals surface area (Å²) in [6, 6.07) is 3.50. The average Bonchev–Trinajstić information content (AvgIpc) is 2.15. The van der Waals surface area contributed by atoms with Gasteiger partial charge in [-0.1, -0.05) is 0 Å². The Labute approximate surface area is 70.8 Å². The zero-order valence-corrected chi connectivity index (χ0v) is 6.86. The van der Waals surface area contributed by atoms with Gasteiger partial charge in [-0.15, -0.1) is 0 Å². The molecular weight excluding hydrogens is 158 g/mol. The fourth-order valence-electron chi connectivity index (χ4n) is 0.782. The minimum Gasteiger partial charge on any atom is -0.491 e. The highest BCUT2D eigenvalue weighted by molar-refractivity contribution is 5.32. The fourth-order valence-corrected chi connectivity index (χ4v) is 0.782. The van der Waals surface area contributed by atoms with Crippen LogP contribution in [0.2, 0.25) is 0 Å². The van der Waals surface area contributed by atoms with Gasteiger partial charge >= 0.3 is 0 Å². The van der Waals surface area contributed by atoms with Crippen LogP contribution in [0.15, 0.2) is 18.3 Å². The van der Waals surface area contributed by atoms with Crippen molar-refractivity contribution in [3.8, 4) is 11.6 Å². The van der Waals surface area contributed by atoms with E-state index in [0.29, 0.717) is 11.6 Å². The molecule has 1 aromatic rings. The molecule has 0 saturated carbocycles. The molecule has 0 aromatic carbocycles. The van der Waals surface area contributed by atoms with Gasteiger partial charge in [0.05, 0.1) is 13.7 Å². The van der Waals surface area contributed by atoms with Crippen LogP contribution >= 0.6 is 0 Å². The van der Waals surface area contributed by atoms with Gasteiger partial charge in [0.2, 0.25) is 0 Å². The standard InChI is InChI=1S/C8H11NO3/c1-11-7-3-2-4-9-8(7)12-6-5-10/h2-4,10H,5-6H2,1H3. The summed E-state index contributed by atoms with van der Waals surface area (Å²) >= 11 is 0. The van der Waals surface area contributed by atoms with Crippen molar-refractivity contribution in [3.63, 3.8) is 0 Å². The first-order valence-electron chi connectivity index (χ1n) is 3.61. The summed E-state index contributed by atoms with van der Waals surface area (Å²) in [5.41, 5.74) is 0. The van der Waals surface area contributed by atoms with Gasteiger partial charge in [0.25, 0.3) is 5.88 Å². The van der Waals surface area contributed by atoms with E-state index in [4.69, 9.17) is 14.6 Å². The molecule has 0 fully saturated rings. The fraction of sp³-hybridized carbons (Fsp3) is 0.375. The molecule has 0 unspecified atom stereocenters. The SMILES string of the molecule is COc1cccnc1OCCO. The zero-order chi connectivity index (χ0) is 8.81. The second-order valence-corrected chi connectivity index (χ2v) is 2.08. The number of ether oxygens (including phenoxy) is 2. The normalized spacial score (nSPS) is 9.50. The summed E-state index contributed by atoms with van der Waals surface area (Å²) in [4.78, 5) is 3.93. The Morgan fingerprint density at radius 1 is 1.58 bits per heavy atom. The summed E-state index contributed by atoms with van der Waals surface area (Å²) in [5.74, 6) is 0.986. The van der Waals surface area contributed by atoms with E-state index >= 15 is 0 Å². The number of aliphatic hydroxyl groups is 1. The summed E-state index contributed by atoms with van der Waals surface area (Å²) in [5, 5.41) is 8.50. The van der Waals surface area contributed by atoms with Crippen molar-refractivity contribution >= 4 is 0 Å². The lowest BCUT2D eigenvalue weighted by molar-refractivity contribution is 0.191. The number of hydrogen-bond acceptors (Lipinski definition) is 4. The highest BCUT2D eigenvalue weighted by Crippen LogP contribution is 2.22. The monoisotopic (exact) mass is 169 g/mol. The molecule has 66 valence electrons. The maximum atomic E-state index is 8.50. The first-order chi connectivity index (χ1) is 5.88. The molecule has 0 aliphatic rings. The van der Waals surface area contributed by atoms with E-state index in [9.17, 15) is 0 Å². The molecule has 1 aromatic heterocycles. The number of methoxy groups -OCH3 is 1. The molecule has 12 heavy (non-hydrogen) atoms. The largest absolute Gasteiger partial charge is 0.491 e. The lowest BCUT2D eigenvalue weighted by atomic mass is 10.4. The molecule has 4 nitrogen and oxygen atoms in total. The first kappa shape index (κ1) is 8.80. The predicted molar refractivity (Wildman–Crippen MR) is 43.4 cm³/mol. The van der Waals surface area contributed by atoms with Gasteiger partial charge < -0.3 is 14.6 Å². The van der Waals surface area contributed by atoms with Crippen LogP contribution in [0.3, 0.4) is 0 Å². The van der Waals surface area contributed by atoms with E-state index in [-0.39, 0.29) is 13.2 Å². The van der Waals surface area contributed by atoms with E-state index < -0.39 is 0 Å². The highest BCUT2D eigenvalue weighted by Gasteiger charge is 2.02. The Balaban J connectivity index is 2.68. The second kappa shape index (κ2) is 4.56. The van der Waals surface area contributed by atoms with Gasteiger partial charge in [0, 0.05) is 6.20 Å². The summed E-state index contributed by atoms with van der Waals surface area (Å²) in [6.07, 6.45) is 1.61. The van der Waals surface area contributed by atoms with Gasteiger partial charge in [-0.2, -0.15) is 0 Å². The topological polar surface area (TPSA) is 51.6 Å². The maximum absolute atomic E-state index is 8.50. The predicted octanol–water partition coefficient (Wildman–Crippen LogP) is 0.461. The van der Waals surface area contributed by atoms with Crippen LogP contribution in [-0.2, 0) is 0 Å². The van der Waals surface area contributed by atoms with Crippen LogP contribution in [0.4, 0.5) is 0 Å². The number of aliphatic hydroxyl groups excluding tert-OH is 1. The Bertz CT molecular complexity index is 239. The van der Waals surface area contributed by atoms with E-state index in [1.165, 1.54) is 0 Å². The zero-order valence-electron chi connectivity index (χ0n) is 6.86. The Morgan fingerprint density at radius 2 is 2.42 bits per heavy atom. The quantitative estimate of drug-likeness (QED) is 0.711. The summed E-state index contributed by atoms with van der Waals surface area (Å²) < 4.78 is 10.1. The van der Waals surface area contributed by atoms with Crippen molar-refractivity contribution in [3.05, 3.63) is 18.3 Å². The Morgan fingerprint density at radius 3 is 3.08 bits per heavy atom. The summed E-state index contributed by atoms with van der Waals surface area (Å²) in [7, 11) is 1.54. The van der Waals surface area contributed by atoms with Crippen LogP contribution in [0.25, 0.3) is 0 Å². The Hall–Kier alpha value is -1.29.